The minimum Gasteiger partial charge on any atom is -0.488 e. The standard InChI is InChI=1S/C17H18BrNO2/c18-11-17(8-4-1-5-9-17)12-20-16-13-6-2-3-7-14(13)21-15(16)10-19/h2-3,6-7H,1,4-5,8-9,11-12H2. The van der Waals surface area contributed by atoms with Crippen LogP contribution in [0.4, 0.5) is 0 Å². The largest absolute Gasteiger partial charge is 0.488 e. The number of hydrogen-bond donors (Lipinski definition) is 0. The molecule has 1 aromatic carbocycles. The van der Waals surface area contributed by atoms with Crippen LogP contribution in [0, 0.1) is 16.7 Å². The fourth-order valence-corrected chi connectivity index (χ4v) is 3.80. The second-order valence-corrected chi connectivity index (χ2v) is 6.41. The fraction of sp³-hybridized carbons (Fsp3) is 0.471. The smallest absolute Gasteiger partial charge is 0.246 e. The summed E-state index contributed by atoms with van der Waals surface area (Å²) in [6.07, 6.45) is 6.18. The first-order valence-corrected chi connectivity index (χ1v) is 8.50. The van der Waals surface area contributed by atoms with Crippen molar-refractivity contribution in [1.29, 1.82) is 5.26 Å². The molecule has 3 rings (SSSR count). The highest BCUT2D eigenvalue weighted by atomic mass is 79.9. The molecule has 3 nitrogen and oxygen atoms in total. The average Bonchev–Trinajstić information content (AvgIpc) is 2.91. The lowest BCUT2D eigenvalue weighted by Crippen LogP contribution is -2.32. The topological polar surface area (TPSA) is 46.2 Å². The molecule has 0 atom stereocenters. The van der Waals surface area contributed by atoms with Crippen molar-refractivity contribution in [3.05, 3.63) is 30.0 Å². The molecular weight excluding hydrogens is 330 g/mol. The normalized spacial score (nSPS) is 17.5. The predicted molar refractivity (Wildman–Crippen MR) is 85.7 cm³/mol. The van der Waals surface area contributed by atoms with E-state index >= 15 is 0 Å². The summed E-state index contributed by atoms with van der Waals surface area (Å²) in [5.74, 6) is 0.871. The molecule has 1 saturated carbocycles. The van der Waals surface area contributed by atoms with E-state index in [1.165, 1.54) is 32.1 Å². The Morgan fingerprint density at radius 1 is 1.24 bits per heavy atom. The molecule has 4 heteroatoms. The quantitative estimate of drug-likeness (QED) is 0.728. The highest BCUT2D eigenvalue weighted by Gasteiger charge is 2.32. The van der Waals surface area contributed by atoms with Gasteiger partial charge in [0.2, 0.25) is 5.76 Å². The Hall–Kier alpha value is -1.47. The molecule has 0 aliphatic heterocycles. The summed E-state index contributed by atoms with van der Waals surface area (Å²) >= 11 is 3.65. The summed E-state index contributed by atoms with van der Waals surface area (Å²) in [5, 5.41) is 11.1. The molecule has 110 valence electrons. The summed E-state index contributed by atoms with van der Waals surface area (Å²) in [5.41, 5.74) is 0.893. The molecule has 1 heterocycles. The summed E-state index contributed by atoms with van der Waals surface area (Å²) in [7, 11) is 0. The van der Waals surface area contributed by atoms with Crippen LogP contribution in [0.3, 0.4) is 0 Å². The summed E-state index contributed by atoms with van der Waals surface area (Å²) in [6.45, 7) is 0.635. The summed E-state index contributed by atoms with van der Waals surface area (Å²) in [6, 6.07) is 9.74. The van der Waals surface area contributed by atoms with Gasteiger partial charge in [0.25, 0.3) is 0 Å². The molecule has 0 N–H and O–H groups in total. The van der Waals surface area contributed by atoms with Gasteiger partial charge in [-0.15, -0.1) is 0 Å². The monoisotopic (exact) mass is 347 g/mol. The van der Waals surface area contributed by atoms with Gasteiger partial charge in [-0.25, -0.2) is 0 Å². The SMILES string of the molecule is N#Cc1oc2ccccc2c1OCC1(CBr)CCCCC1. The van der Waals surface area contributed by atoms with Crippen LogP contribution in [0.5, 0.6) is 5.75 Å². The lowest BCUT2D eigenvalue weighted by molar-refractivity contribution is 0.122. The molecule has 1 fully saturated rings. The van der Waals surface area contributed by atoms with E-state index in [1.54, 1.807) is 0 Å². The fourth-order valence-electron chi connectivity index (χ4n) is 3.08. The second-order valence-electron chi connectivity index (χ2n) is 5.85. The van der Waals surface area contributed by atoms with E-state index in [9.17, 15) is 5.26 Å². The van der Waals surface area contributed by atoms with E-state index in [0.717, 1.165) is 10.7 Å². The third-order valence-electron chi connectivity index (χ3n) is 4.37. The van der Waals surface area contributed by atoms with Crippen LogP contribution in [-0.2, 0) is 0 Å². The number of fused-ring (bicyclic) bond motifs is 1. The Morgan fingerprint density at radius 2 is 2.00 bits per heavy atom. The Labute approximate surface area is 133 Å². The van der Waals surface area contributed by atoms with E-state index in [1.807, 2.05) is 24.3 Å². The Balaban J connectivity index is 1.86. The van der Waals surface area contributed by atoms with Crippen molar-refractivity contribution < 1.29 is 9.15 Å². The molecule has 21 heavy (non-hydrogen) atoms. The maximum atomic E-state index is 9.24. The molecule has 1 aromatic heterocycles. The van der Waals surface area contributed by atoms with Gasteiger partial charge in [0.1, 0.15) is 11.7 Å². The van der Waals surface area contributed by atoms with E-state index in [-0.39, 0.29) is 11.2 Å². The number of ether oxygens (including phenoxy) is 1. The zero-order valence-corrected chi connectivity index (χ0v) is 13.5. The molecule has 1 aliphatic rings. The van der Waals surface area contributed by atoms with Crippen LogP contribution >= 0.6 is 15.9 Å². The van der Waals surface area contributed by atoms with Crippen molar-refractivity contribution in [2.45, 2.75) is 32.1 Å². The number of furan rings is 1. The molecule has 2 aromatic rings. The van der Waals surface area contributed by atoms with Crippen LogP contribution in [0.2, 0.25) is 0 Å². The average molecular weight is 348 g/mol. The second kappa shape index (κ2) is 6.11. The van der Waals surface area contributed by atoms with Crippen LogP contribution in [0.25, 0.3) is 11.0 Å². The number of rotatable bonds is 4. The van der Waals surface area contributed by atoms with Gasteiger partial charge in [-0.2, -0.15) is 5.26 Å². The van der Waals surface area contributed by atoms with E-state index in [4.69, 9.17) is 9.15 Å². The number of nitriles is 1. The first-order valence-electron chi connectivity index (χ1n) is 7.38. The first kappa shape index (κ1) is 14.5. The minimum atomic E-state index is 0.184. The summed E-state index contributed by atoms with van der Waals surface area (Å²) in [4.78, 5) is 0. The lowest BCUT2D eigenvalue weighted by atomic mass is 9.76. The van der Waals surface area contributed by atoms with Crippen molar-refractivity contribution in [1.82, 2.24) is 0 Å². The van der Waals surface area contributed by atoms with Gasteiger partial charge in [0, 0.05) is 10.7 Å². The van der Waals surface area contributed by atoms with Crippen molar-refractivity contribution in [2.24, 2.45) is 5.41 Å². The highest BCUT2D eigenvalue weighted by Crippen LogP contribution is 2.40. The van der Waals surface area contributed by atoms with Crippen molar-refractivity contribution in [3.8, 4) is 11.8 Å². The number of alkyl halides is 1. The molecule has 1 aliphatic carbocycles. The van der Waals surface area contributed by atoms with Gasteiger partial charge in [-0.3, -0.25) is 0 Å². The molecule has 0 saturated heterocycles. The van der Waals surface area contributed by atoms with Crippen LogP contribution in [0.1, 0.15) is 37.9 Å². The number of nitrogens with zero attached hydrogens (tertiary/aromatic N) is 1. The Bertz CT molecular complexity index is 665. The minimum absolute atomic E-state index is 0.184. The molecule has 0 unspecified atom stereocenters. The molecule has 0 bridgehead atoms. The van der Waals surface area contributed by atoms with Crippen LogP contribution < -0.4 is 4.74 Å². The highest BCUT2D eigenvalue weighted by molar-refractivity contribution is 9.09. The number of halogens is 1. The van der Waals surface area contributed by atoms with Gasteiger partial charge in [-0.1, -0.05) is 47.3 Å². The maximum absolute atomic E-state index is 9.24. The zero-order valence-electron chi connectivity index (χ0n) is 11.9. The maximum Gasteiger partial charge on any atom is 0.246 e. The van der Waals surface area contributed by atoms with Crippen LogP contribution in [0.15, 0.2) is 28.7 Å². The van der Waals surface area contributed by atoms with Gasteiger partial charge in [0.15, 0.2) is 5.75 Å². The van der Waals surface area contributed by atoms with Crippen molar-refractivity contribution in [2.75, 3.05) is 11.9 Å². The van der Waals surface area contributed by atoms with Crippen molar-refractivity contribution >= 4 is 26.9 Å². The molecule has 0 spiro atoms. The third kappa shape index (κ3) is 2.80. The summed E-state index contributed by atoms with van der Waals surface area (Å²) < 4.78 is 11.6. The van der Waals surface area contributed by atoms with Gasteiger partial charge >= 0.3 is 0 Å². The Kier molecular flexibility index (Phi) is 4.21. The Morgan fingerprint density at radius 3 is 2.71 bits per heavy atom. The van der Waals surface area contributed by atoms with Gasteiger partial charge in [-0.05, 0) is 25.0 Å². The molecule has 0 amide bonds. The van der Waals surface area contributed by atoms with E-state index < -0.39 is 0 Å². The van der Waals surface area contributed by atoms with Crippen molar-refractivity contribution in [3.63, 3.8) is 0 Å². The predicted octanol–water partition coefficient (Wildman–Crippen LogP) is 5.03. The lowest BCUT2D eigenvalue weighted by Gasteiger charge is -2.35. The first-order chi connectivity index (χ1) is 10.3. The van der Waals surface area contributed by atoms with Crippen LogP contribution in [-0.4, -0.2) is 11.9 Å². The van der Waals surface area contributed by atoms with Gasteiger partial charge in [0.05, 0.1) is 12.0 Å². The zero-order chi connectivity index (χ0) is 14.7. The van der Waals surface area contributed by atoms with Gasteiger partial charge < -0.3 is 9.15 Å². The third-order valence-corrected chi connectivity index (χ3v) is 5.56. The van der Waals surface area contributed by atoms with E-state index in [2.05, 4.69) is 22.0 Å². The number of hydrogen-bond acceptors (Lipinski definition) is 3. The van der Waals surface area contributed by atoms with E-state index in [0.29, 0.717) is 17.9 Å². The molecule has 0 radical (unpaired) electrons. The number of para-hydroxylation sites is 1. The number of benzene rings is 1. The molecular formula is C17H18BrNO2.